The summed E-state index contributed by atoms with van der Waals surface area (Å²) in [5.41, 5.74) is 2.53. The molecule has 1 atom stereocenters. The summed E-state index contributed by atoms with van der Waals surface area (Å²) in [5.74, 6) is 0. The predicted molar refractivity (Wildman–Crippen MR) is 58.6 cm³/mol. The highest BCUT2D eigenvalue weighted by Gasteiger charge is 2.23. The van der Waals surface area contributed by atoms with Crippen LogP contribution in [0.3, 0.4) is 0 Å². The molecule has 0 unspecified atom stereocenters. The number of benzene rings is 1. The number of hydrogen-bond donors (Lipinski definition) is 1. The maximum atomic E-state index is 9.23. The quantitative estimate of drug-likeness (QED) is 0.772. The van der Waals surface area contributed by atoms with E-state index in [1.165, 1.54) is 17.7 Å². The molecule has 1 aliphatic heterocycles. The molecule has 0 spiro atoms. The Morgan fingerprint density at radius 1 is 1.50 bits per heavy atom. The first-order valence-electron chi connectivity index (χ1n) is 5.25. The van der Waals surface area contributed by atoms with Crippen LogP contribution >= 0.6 is 0 Å². The molecule has 0 aliphatic carbocycles. The van der Waals surface area contributed by atoms with Gasteiger partial charge in [-0.3, -0.25) is 0 Å². The molecular formula is C12H17NO. The standard InChI is InChI=1S/C12H17NO/c1-10-4-2-5-11(8-10)13-7-3-6-12(13)9-14/h2,4-5,8,12,14H,3,6-7,9H2,1H3/t12-/m0/s1. The minimum Gasteiger partial charge on any atom is -0.394 e. The average molecular weight is 191 g/mol. The van der Waals surface area contributed by atoms with E-state index in [2.05, 4.69) is 36.1 Å². The van der Waals surface area contributed by atoms with Crippen molar-refractivity contribution in [1.29, 1.82) is 0 Å². The summed E-state index contributed by atoms with van der Waals surface area (Å²) in [6.07, 6.45) is 2.31. The van der Waals surface area contributed by atoms with Crippen LogP contribution in [0, 0.1) is 6.92 Å². The molecule has 1 fully saturated rings. The summed E-state index contributed by atoms with van der Waals surface area (Å²) in [6, 6.07) is 8.83. The molecule has 2 nitrogen and oxygen atoms in total. The van der Waals surface area contributed by atoms with Crippen LogP contribution in [0.25, 0.3) is 0 Å². The summed E-state index contributed by atoms with van der Waals surface area (Å²) in [4.78, 5) is 2.31. The molecule has 76 valence electrons. The first-order valence-corrected chi connectivity index (χ1v) is 5.25. The van der Waals surface area contributed by atoms with Gasteiger partial charge in [0.2, 0.25) is 0 Å². The minimum absolute atomic E-state index is 0.272. The Morgan fingerprint density at radius 3 is 3.07 bits per heavy atom. The smallest absolute Gasteiger partial charge is 0.0635 e. The summed E-state index contributed by atoms with van der Waals surface area (Å²) >= 11 is 0. The molecule has 1 aromatic carbocycles. The molecule has 1 N–H and O–H groups in total. The Balaban J connectivity index is 2.21. The van der Waals surface area contributed by atoms with Crippen molar-refractivity contribution in [3.05, 3.63) is 29.8 Å². The zero-order valence-electron chi connectivity index (χ0n) is 8.61. The van der Waals surface area contributed by atoms with Gasteiger partial charge in [-0.1, -0.05) is 12.1 Å². The number of aliphatic hydroxyl groups excluding tert-OH is 1. The lowest BCUT2D eigenvalue weighted by atomic mass is 10.2. The van der Waals surface area contributed by atoms with Gasteiger partial charge in [0, 0.05) is 12.2 Å². The fraction of sp³-hybridized carbons (Fsp3) is 0.500. The van der Waals surface area contributed by atoms with Gasteiger partial charge < -0.3 is 10.0 Å². The van der Waals surface area contributed by atoms with Crippen LogP contribution in [-0.4, -0.2) is 24.3 Å². The van der Waals surface area contributed by atoms with Crippen molar-refractivity contribution in [2.24, 2.45) is 0 Å². The number of aliphatic hydroxyl groups is 1. The first kappa shape index (κ1) is 9.53. The zero-order valence-corrected chi connectivity index (χ0v) is 8.61. The lowest BCUT2D eigenvalue weighted by Crippen LogP contribution is -2.31. The lowest BCUT2D eigenvalue weighted by Gasteiger charge is -2.25. The van der Waals surface area contributed by atoms with E-state index in [4.69, 9.17) is 0 Å². The topological polar surface area (TPSA) is 23.5 Å². The van der Waals surface area contributed by atoms with Gasteiger partial charge in [-0.25, -0.2) is 0 Å². The molecule has 0 amide bonds. The number of aryl methyl sites for hydroxylation is 1. The maximum Gasteiger partial charge on any atom is 0.0635 e. The number of anilines is 1. The third-order valence-corrected chi connectivity index (χ3v) is 2.92. The van der Waals surface area contributed by atoms with E-state index < -0.39 is 0 Å². The predicted octanol–water partition coefficient (Wildman–Crippen LogP) is 1.96. The van der Waals surface area contributed by atoms with Crippen molar-refractivity contribution in [3.63, 3.8) is 0 Å². The summed E-state index contributed by atoms with van der Waals surface area (Å²) < 4.78 is 0. The molecule has 2 heteroatoms. The van der Waals surface area contributed by atoms with E-state index in [1.54, 1.807) is 0 Å². The maximum absolute atomic E-state index is 9.23. The van der Waals surface area contributed by atoms with Crippen molar-refractivity contribution in [3.8, 4) is 0 Å². The highest BCUT2D eigenvalue weighted by molar-refractivity contribution is 5.50. The largest absolute Gasteiger partial charge is 0.394 e. The zero-order chi connectivity index (χ0) is 9.97. The fourth-order valence-electron chi connectivity index (χ4n) is 2.17. The monoisotopic (exact) mass is 191 g/mol. The first-order chi connectivity index (χ1) is 6.81. The number of hydrogen-bond acceptors (Lipinski definition) is 2. The van der Waals surface area contributed by atoms with Crippen molar-refractivity contribution < 1.29 is 5.11 Å². The van der Waals surface area contributed by atoms with E-state index in [9.17, 15) is 5.11 Å². The fourth-order valence-corrected chi connectivity index (χ4v) is 2.17. The minimum atomic E-state index is 0.272. The van der Waals surface area contributed by atoms with Crippen LogP contribution < -0.4 is 4.90 Å². The molecule has 0 aromatic heterocycles. The van der Waals surface area contributed by atoms with Crippen LogP contribution in [0.4, 0.5) is 5.69 Å². The van der Waals surface area contributed by atoms with Gasteiger partial charge in [0.05, 0.1) is 12.6 Å². The van der Waals surface area contributed by atoms with Crippen LogP contribution in [-0.2, 0) is 0 Å². The Kier molecular flexibility index (Phi) is 2.73. The third-order valence-electron chi connectivity index (χ3n) is 2.92. The molecule has 1 aliphatic rings. The van der Waals surface area contributed by atoms with E-state index in [0.29, 0.717) is 6.04 Å². The second kappa shape index (κ2) is 4.01. The molecule has 2 rings (SSSR count). The summed E-state index contributed by atoms with van der Waals surface area (Å²) in [6.45, 7) is 3.45. The molecule has 0 bridgehead atoms. The van der Waals surface area contributed by atoms with Gasteiger partial charge in [-0.05, 0) is 37.5 Å². The summed E-state index contributed by atoms with van der Waals surface area (Å²) in [7, 11) is 0. The third kappa shape index (κ3) is 1.75. The van der Waals surface area contributed by atoms with Crippen molar-refractivity contribution in [2.45, 2.75) is 25.8 Å². The van der Waals surface area contributed by atoms with Crippen LogP contribution in [0.5, 0.6) is 0 Å². The van der Waals surface area contributed by atoms with Crippen LogP contribution in [0.2, 0.25) is 0 Å². The highest BCUT2D eigenvalue weighted by atomic mass is 16.3. The molecule has 1 aromatic rings. The molecule has 0 radical (unpaired) electrons. The number of nitrogens with zero attached hydrogens (tertiary/aromatic N) is 1. The Bertz CT molecular complexity index is 311. The Morgan fingerprint density at radius 2 is 2.36 bits per heavy atom. The van der Waals surface area contributed by atoms with Gasteiger partial charge >= 0.3 is 0 Å². The van der Waals surface area contributed by atoms with Crippen LogP contribution in [0.15, 0.2) is 24.3 Å². The van der Waals surface area contributed by atoms with E-state index in [-0.39, 0.29) is 6.61 Å². The normalized spacial score (nSPS) is 21.6. The van der Waals surface area contributed by atoms with Crippen LogP contribution in [0.1, 0.15) is 18.4 Å². The average Bonchev–Trinajstić information content (AvgIpc) is 2.65. The molecule has 1 saturated heterocycles. The molecular weight excluding hydrogens is 174 g/mol. The highest BCUT2D eigenvalue weighted by Crippen LogP contribution is 2.25. The van der Waals surface area contributed by atoms with Gasteiger partial charge in [-0.2, -0.15) is 0 Å². The van der Waals surface area contributed by atoms with Crippen molar-refractivity contribution in [2.75, 3.05) is 18.1 Å². The van der Waals surface area contributed by atoms with Gasteiger partial charge in [0.15, 0.2) is 0 Å². The second-order valence-corrected chi connectivity index (χ2v) is 4.01. The SMILES string of the molecule is Cc1cccc(N2CCC[C@H]2CO)c1. The lowest BCUT2D eigenvalue weighted by molar-refractivity contribution is 0.266. The molecule has 1 heterocycles. The second-order valence-electron chi connectivity index (χ2n) is 4.01. The van der Waals surface area contributed by atoms with Gasteiger partial charge in [0.25, 0.3) is 0 Å². The van der Waals surface area contributed by atoms with Crippen molar-refractivity contribution in [1.82, 2.24) is 0 Å². The Hall–Kier alpha value is -1.02. The molecule has 0 saturated carbocycles. The molecule has 14 heavy (non-hydrogen) atoms. The Labute approximate surface area is 85.2 Å². The van der Waals surface area contributed by atoms with E-state index in [0.717, 1.165) is 13.0 Å². The van der Waals surface area contributed by atoms with Gasteiger partial charge in [-0.15, -0.1) is 0 Å². The summed E-state index contributed by atoms with van der Waals surface area (Å²) in [5, 5.41) is 9.23. The van der Waals surface area contributed by atoms with E-state index >= 15 is 0 Å². The van der Waals surface area contributed by atoms with E-state index in [1.807, 2.05) is 0 Å². The number of rotatable bonds is 2. The van der Waals surface area contributed by atoms with Gasteiger partial charge in [0.1, 0.15) is 0 Å². The van der Waals surface area contributed by atoms with Crippen molar-refractivity contribution >= 4 is 5.69 Å².